The van der Waals surface area contributed by atoms with Crippen LogP contribution >= 0.6 is 0 Å². The second-order valence-corrected chi connectivity index (χ2v) is 6.79. The van der Waals surface area contributed by atoms with Crippen molar-refractivity contribution in [3.8, 4) is 17.4 Å². The first-order valence-electron chi connectivity index (χ1n) is 9.10. The monoisotopic (exact) mass is 385 g/mol. The second kappa shape index (κ2) is 7.24. The minimum Gasteiger partial charge on any atom is -0.508 e. The first kappa shape index (κ1) is 18.4. The van der Waals surface area contributed by atoms with Crippen LogP contribution in [-0.4, -0.2) is 26.0 Å². The van der Waals surface area contributed by atoms with Crippen LogP contribution in [0.15, 0.2) is 70.5 Å². The predicted molar refractivity (Wildman–Crippen MR) is 114 cm³/mol. The second-order valence-electron chi connectivity index (χ2n) is 6.79. The van der Waals surface area contributed by atoms with Gasteiger partial charge >= 0.3 is 0 Å². The van der Waals surface area contributed by atoms with Gasteiger partial charge in [0.2, 0.25) is 5.88 Å². The summed E-state index contributed by atoms with van der Waals surface area (Å²) in [7, 11) is 0. The van der Waals surface area contributed by atoms with Crippen molar-refractivity contribution in [1.82, 2.24) is 9.55 Å². The molecule has 0 unspecified atom stereocenters. The smallest absolute Gasteiger partial charge is 0.267 e. The molecule has 0 bridgehead atoms. The Hall–Kier alpha value is -3.93. The number of aliphatic imine (C=N–C) groups is 1. The lowest BCUT2D eigenvalue weighted by Crippen LogP contribution is -2.21. The largest absolute Gasteiger partial charge is 0.508 e. The SMILES string of the molecule is Cc1cccc(-n2c(O)c(C=Nc3cc(O)ccc3C)c3ccccc3c2=O)n1. The van der Waals surface area contributed by atoms with Crippen LogP contribution < -0.4 is 5.56 Å². The van der Waals surface area contributed by atoms with Crippen molar-refractivity contribution < 1.29 is 10.2 Å². The molecule has 0 radical (unpaired) electrons. The zero-order chi connectivity index (χ0) is 20.5. The summed E-state index contributed by atoms with van der Waals surface area (Å²) in [6, 6.07) is 17.2. The highest BCUT2D eigenvalue weighted by atomic mass is 16.3. The number of aromatic nitrogens is 2. The molecule has 0 aliphatic heterocycles. The van der Waals surface area contributed by atoms with Gasteiger partial charge < -0.3 is 10.2 Å². The lowest BCUT2D eigenvalue weighted by molar-refractivity contribution is 0.435. The van der Waals surface area contributed by atoms with E-state index in [0.717, 1.165) is 11.3 Å². The fourth-order valence-electron chi connectivity index (χ4n) is 3.23. The Morgan fingerprint density at radius 1 is 0.966 bits per heavy atom. The quantitative estimate of drug-likeness (QED) is 0.518. The molecule has 2 aromatic carbocycles. The van der Waals surface area contributed by atoms with Gasteiger partial charge in [0.05, 0.1) is 11.3 Å². The summed E-state index contributed by atoms with van der Waals surface area (Å²) in [6.07, 6.45) is 1.51. The van der Waals surface area contributed by atoms with Crippen LogP contribution in [0.1, 0.15) is 16.8 Å². The average Bonchev–Trinajstić information content (AvgIpc) is 2.70. The highest BCUT2D eigenvalue weighted by Gasteiger charge is 2.17. The van der Waals surface area contributed by atoms with Crippen LogP contribution in [0.25, 0.3) is 16.6 Å². The van der Waals surface area contributed by atoms with E-state index in [0.29, 0.717) is 27.8 Å². The van der Waals surface area contributed by atoms with Crippen LogP contribution in [0.5, 0.6) is 11.6 Å². The molecule has 0 fully saturated rings. The van der Waals surface area contributed by atoms with Crippen molar-refractivity contribution in [2.45, 2.75) is 13.8 Å². The van der Waals surface area contributed by atoms with Gasteiger partial charge in [-0.15, -0.1) is 0 Å². The van der Waals surface area contributed by atoms with Crippen molar-refractivity contribution in [3.05, 3.63) is 87.8 Å². The lowest BCUT2D eigenvalue weighted by Gasteiger charge is -2.13. The zero-order valence-electron chi connectivity index (χ0n) is 16.0. The maximum atomic E-state index is 13.1. The van der Waals surface area contributed by atoms with Crippen LogP contribution in [0, 0.1) is 13.8 Å². The molecule has 6 heteroatoms. The van der Waals surface area contributed by atoms with E-state index in [-0.39, 0.29) is 17.2 Å². The highest BCUT2D eigenvalue weighted by molar-refractivity contribution is 6.02. The Kier molecular flexibility index (Phi) is 4.60. The lowest BCUT2D eigenvalue weighted by atomic mass is 10.1. The molecule has 4 rings (SSSR count). The molecule has 4 aromatic rings. The highest BCUT2D eigenvalue weighted by Crippen LogP contribution is 2.28. The Labute approximate surface area is 167 Å². The molecule has 0 saturated heterocycles. The van der Waals surface area contributed by atoms with Crippen molar-refractivity contribution in [2.75, 3.05) is 0 Å². The molecule has 0 saturated carbocycles. The molecule has 0 aliphatic carbocycles. The van der Waals surface area contributed by atoms with Crippen molar-refractivity contribution in [2.24, 2.45) is 4.99 Å². The number of aryl methyl sites for hydroxylation is 2. The third kappa shape index (κ3) is 3.36. The topological polar surface area (TPSA) is 87.7 Å². The van der Waals surface area contributed by atoms with E-state index in [2.05, 4.69) is 9.98 Å². The van der Waals surface area contributed by atoms with Crippen LogP contribution in [0.4, 0.5) is 5.69 Å². The van der Waals surface area contributed by atoms with Gasteiger partial charge in [0.15, 0.2) is 0 Å². The summed E-state index contributed by atoms with van der Waals surface area (Å²) >= 11 is 0. The summed E-state index contributed by atoms with van der Waals surface area (Å²) in [5.41, 5.74) is 2.21. The number of fused-ring (bicyclic) bond motifs is 1. The van der Waals surface area contributed by atoms with E-state index in [9.17, 15) is 15.0 Å². The number of aromatic hydroxyl groups is 2. The molecule has 0 atom stereocenters. The summed E-state index contributed by atoms with van der Waals surface area (Å²) in [6.45, 7) is 3.70. The molecule has 6 nitrogen and oxygen atoms in total. The number of benzene rings is 2. The van der Waals surface area contributed by atoms with E-state index in [1.54, 1.807) is 54.6 Å². The third-order valence-corrected chi connectivity index (χ3v) is 4.73. The van der Waals surface area contributed by atoms with E-state index >= 15 is 0 Å². The van der Waals surface area contributed by atoms with E-state index in [4.69, 9.17) is 0 Å². The first-order valence-corrected chi connectivity index (χ1v) is 9.10. The number of phenols is 1. The Morgan fingerprint density at radius 3 is 2.48 bits per heavy atom. The summed E-state index contributed by atoms with van der Waals surface area (Å²) in [5, 5.41) is 21.8. The molecule has 0 aliphatic rings. The van der Waals surface area contributed by atoms with Crippen LogP contribution in [0.2, 0.25) is 0 Å². The van der Waals surface area contributed by atoms with Gasteiger partial charge in [0, 0.05) is 28.7 Å². The van der Waals surface area contributed by atoms with Crippen molar-refractivity contribution in [3.63, 3.8) is 0 Å². The van der Waals surface area contributed by atoms with Crippen molar-refractivity contribution in [1.29, 1.82) is 0 Å². The Balaban J connectivity index is 2.00. The molecule has 2 N–H and O–H groups in total. The molecular weight excluding hydrogens is 366 g/mol. The number of rotatable bonds is 3. The van der Waals surface area contributed by atoms with Gasteiger partial charge in [-0.1, -0.05) is 30.3 Å². The van der Waals surface area contributed by atoms with E-state index < -0.39 is 0 Å². The molecule has 2 heterocycles. The van der Waals surface area contributed by atoms with E-state index in [1.807, 2.05) is 19.9 Å². The van der Waals surface area contributed by atoms with Gasteiger partial charge in [-0.3, -0.25) is 9.79 Å². The fraction of sp³-hybridized carbons (Fsp3) is 0.0870. The maximum Gasteiger partial charge on any atom is 0.267 e. The zero-order valence-corrected chi connectivity index (χ0v) is 16.0. The summed E-state index contributed by atoms with van der Waals surface area (Å²) in [5.74, 6) is 0.195. The number of hydrogen-bond acceptors (Lipinski definition) is 5. The Bertz CT molecular complexity index is 1320. The Morgan fingerprint density at radius 2 is 1.72 bits per heavy atom. The number of nitrogens with zero attached hydrogens (tertiary/aromatic N) is 3. The van der Waals surface area contributed by atoms with Gasteiger partial charge in [-0.25, -0.2) is 9.55 Å². The third-order valence-electron chi connectivity index (χ3n) is 4.73. The maximum absolute atomic E-state index is 13.1. The summed E-state index contributed by atoms with van der Waals surface area (Å²) < 4.78 is 1.19. The van der Waals surface area contributed by atoms with Gasteiger partial charge in [0.25, 0.3) is 5.56 Å². The molecule has 0 amide bonds. The van der Waals surface area contributed by atoms with Crippen LogP contribution in [-0.2, 0) is 0 Å². The van der Waals surface area contributed by atoms with E-state index in [1.165, 1.54) is 10.8 Å². The predicted octanol–water partition coefficient (Wildman–Crippen LogP) is 4.16. The number of hydrogen-bond donors (Lipinski definition) is 2. The fourth-order valence-corrected chi connectivity index (χ4v) is 3.23. The van der Waals surface area contributed by atoms with Gasteiger partial charge in [-0.2, -0.15) is 0 Å². The molecule has 0 spiro atoms. The molecule has 144 valence electrons. The summed E-state index contributed by atoms with van der Waals surface area (Å²) in [4.78, 5) is 21.9. The van der Waals surface area contributed by atoms with Gasteiger partial charge in [0.1, 0.15) is 11.6 Å². The average molecular weight is 385 g/mol. The normalized spacial score (nSPS) is 11.4. The minimum absolute atomic E-state index is 0.103. The van der Waals surface area contributed by atoms with Crippen LogP contribution in [0.3, 0.4) is 0 Å². The van der Waals surface area contributed by atoms with Gasteiger partial charge in [-0.05, 0) is 43.7 Å². The molecular formula is C23H19N3O3. The van der Waals surface area contributed by atoms with Crippen molar-refractivity contribution >= 4 is 22.7 Å². The first-order chi connectivity index (χ1) is 14.0. The standard InChI is InChI=1S/C23H19N3O3/c1-14-10-11-16(27)12-20(14)24-13-19-17-7-3-4-8-18(17)22(28)26(23(19)29)21-9-5-6-15(2)25-21/h3-13,27,29H,1-2H3. The molecule has 2 aromatic heterocycles. The number of pyridine rings is 2. The minimum atomic E-state index is -0.359. The molecule has 29 heavy (non-hydrogen) atoms. The number of phenolic OH excluding ortho intramolecular Hbond substituents is 1.